The molecular weight excluding hydrogens is 628 g/mol. The Morgan fingerprint density at radius 3 is 2.27 bits per heavy atom. The van der Waals surface area contributed by atoms with E-state index in [2.05, 4.69) is 9.88 Å². The lowest BCUT2D eigenvalue weighted by molar-refractivity contribution is -0.144. The number of carbonyl (C=O) groups is 3. The Kier molecular flexibility index (Phi) is 10.1. The highest BCUT2D eigenvalue weighted by atomic mass is 35.5. The zero-order chi connectivity index (χ0) is 31.8. The van der Waals surface area contributed by atoms with Crippen molar-refractivity contribution in [2.24, 2.45) is 0 Å². The van der Waals surface area contributed by atoms with Gasteiger partial charge in [0.05, 0.1) is 23.7 Å². The third kappa shape index (κ3) is 7.72. The van der Waals surface area contributed by atoms with Gasteiger partial charge in [0.25, 0.3) is 5.91 Å². The van der Waals surface area contributed by atoms with Crippen molar-refractivity contribution in [2.75, 3.05) is 52.9 Å². The van der Waals surface area contributed by atoms with Crippen molar-refractivity contribution in [2.45, 2.75) is 31.2 Å². The van der Waals surface area contributed by atoms with Gasteiger partial charge in [-0.2, -0.15) is 26.3 Å². The molecule has 3 amide bonds. The molecule has 0 saturated carbocycles. The standard InChI is InChI=1S/C30H31F6N5O3.ClH/c1-38-7-4-8-39(10-9-38)26(42)17-40-16-23(13-20-15-37-25-6-3-2-5-24(20)25)41(18-27(40)43)28(44)19-11-21(29(31,32)33)14-22(12-19)30(34,35)36;/h2-3,5-6,11-12,14-15,23,37H,4,7-10,13,16-18H2,1H3;1H/t23-;/m1./s1. The van der Waals surface area contributed by atoms with Gasteiger partial charge in [-0.1, -0.05) is 18.2 Å². The molecule has 8 nitrogen and oxygen atoms in total. The predicted octanol–water partition coefficient (Wildman–Crippen LogP) is 4.69. The number of hydrogen-bond donors (Lipinski definition) is 1. The van der Waals surface area contributed by atoms with E-state index in [-0.39, 0.29) is 43.9 Å². The Morgan fingerprint density at radius 2 is 1.60 bits per heavy atom. The number of piperazine rings is 1. The largest absolute Gasteiger partial charge is 0.416 e. The van der Waals surface area contributed by atoms with Crippen LogP contribution in [0.5, 0.6) is 0 Å². The molecule has 2 aliphatic rings. The normalized spacial score (nSPS) is 18.6. The Hall–Kier alpha value is -3.78. The second-order valence-electron chi connectivity index (χ2n) is 11.3. The highest BCUT2D eigenvalue weighted by Gasteiger charge is 2.41. The summed E-state index contributed by atoms with van der Waals surface area (Å²) in [5.41, 5.74) is -2.55. The van der Waals surface area contributed by atoms with Crippen LogP contribution in [-0.2, 0) is 28.4 Å². The van der Waals surface area contributed by atoms with Gasteiger partial charge in [-0.25, -0.2) is 0 Å². The fraction of sp³-hybridized carbons (Fsp3) is 0.433. The highest BCUT2D eigenvalue weighted by Crippen LogP contribution is 2.37. The van der Waals surface area contributed by atoms with E-state index >= 15 is 0 Å². The summed E-state index contributed by atoms with van der Waals surface area (Å²) in [6, 6.07) is 7.14. The number of H-pyrrole nitrogens is 1. The van der Waals surface area contributed by atoms with Crippen molar-refractivity contribution >= 4 is 41.0 Å². The van der Waals surface area contributed by atoms with Crippen LogP contribution in [0.1, 0.15) is 33.5 Å². The van der Waals surface area contributed by atoms with Gasteiger partial charge >= 0.3 is 12.4 Å². The first-order valence-electron chi connectivity index (χ1n) is 14.1. The van der Waals surface area contributed by atoms with E-state index in [1.165, 1.54) is 4.90 Å². The number of aromatic nitrogens is 1. The quantitative estimate of drug-likeness (QED) is 0.404. The van der Waals surface area contributed by atoms with Crippen molar-refractivity contribution in [3.8, 4) is 0 Å². The summed E-state index contributed by atoms with van der Waals surface area (Å²) in [5.74, 6) is -2.04. The number of fused-ring (bicyclic) bond motifs is 1. The lowest BCUT2D eigenvalue weighted by atomic mass is 9.98. The first kappa shape index (κ1) is 34.1. The maximum absolute atomic E-state index is 13.7. The fourth-order valence-electron chi connectivity index (χ4n) is 5.75. The molecule has 3 aromatic rings. The van der Waals surface area contributed by atoms with Crippen LogP contribution in [0.2, 0.25) is 0 Å². The third-order valence-corrected chi connectivity index (χ3v) is 8.15. The number of benzene rings is 2. The maximum Gasteiger partial charge on any atom is 0.416 e. The van der Waals surface area contributed by atoms with E-state index in [0.717, 1.165) is 34.3 Å². The van der Waals surface area contributed by atoms with Gasteiger partial charge < -0.3 is 24.6 Å². The number of hydrogen-bond acceptors (Lipinski definition) is 4. The van der Waals surface area contributed by atoms with Crippen LogP contribution in [-0.4, -0.2) is 101 Å². The minimum atomic E-state index is -5.14. The third-order valence-electron chi connectivity index (χ3n) is 8.15. The van der Waals surface area contributed by atoms with Crippen molar-refractivity contribution < 1.29 is 40.7 Å². The Labute approximate surface area is 261 Å². The number of para-hydroxylation sites is 1. The van der Waals surface area contributed by atoms with Crippen molar-refractivity contribution in [3.05, 3.63) is 70.9 Å². The van der Waals surface area contributed by atoms with Gasteiger partial charge in [0.15, 0.2) is 0 Å². The van der Waals surface area contributed by atoms with Crippen LogP contribution in [0.15, 0.2) is 48.7 Å². The van der Waals surface area contributed by atoms with Crippen LogP contribution in [0, 0.1) is 0 Å². The Balaban J connectivity index is 0.00000461. The van der Waals surface area contributed by atoms with E-state index in [9.17, 15) is 40.7 Å². The number of aromatic amines is 1. The smallest absolute Gasteiger partial charge is 0.361 e. The van der Waals surface area contributed by atoms with Gasteiger partial charge in [0, 0.05) is 48.8 Å². The average Bonchev–Trinajstić information content (AvgIpc) is 3.23. The molecule has 5 rings (SSSR count). The number of rotatable bonds is 5. The molecule has 45 heavy (non-hydrogen) atoms. The summed E-state index contributed by atoms with van der Waals surface area (Å²) in [6.45, 7) is 1.50. The van der Waals surface area contributed by atoms with Gasteiger partial charge in [0.1, 0.15) is 6.54 Å². The molecule has 0 bridgehead atoms. The van der Waals surface area contributed by atoms with Crippen LogP contribution in [0.25, 0.3) is 10.9 Å². The second kappa shape index (κ2) is 13.3. The number of likely N-dealkylation sites (N-methyl/N-ethyl adjacent to an activating group) is 1. The van der Waals surface area contributed by atoms with Gasteiger partial charge in [-0.05, 0) is 56.3 Å². The monoisotopic (exact) mass is 659 g/mol. The van der Waals surface area contributed by atoms with Crippen LogP contribution < -0.4 is 0 Å². The molecule has 2 fully saturated rings. The van der Waals surface area contributed by atoms with Gasteiger partial charge in [0.2, 0.25) is 11.8 Å². The number of amides is 3. The van der Waals surface area contributed by atoms with Crippen LogP contribution >= 0.6 is 12.4 Å². The topological polar surface area (TPSA) is 80.0 Å². The molecule has 1 N–H and O–H groups in total. The zero-order valence-electron chi connectivity index (χ0n) is 24.2. The summed E-state index contributed by atoms with van der Waals surface area (Å²) < 4.78 is 81.4. The molecule has 0 spiro atoms. The summed E-state index contributed by atoms with van der Waals surface area (Å²) >= 11 is 0. The SMILES string of the molecule is CN1CCCN(C(=O)CN2C[C@@H](Cc3c[nH]c4ccccc34)N(C(=O)c3cc(C(F)(F)F)cc(C(F)(F)F)c3)CC2=O)CC1.Cl. The lowest BCUT2D eigenvalue weighted by Crippen LogP contribution is -2.60. The molecule has 15 heteroatoms. The first-order valence-corrected chi connectivity index (χ1v) is 14.1. The number of alkyl halides is 6. The van der Waals surface area contributed by atoms with Crippen molar-refractivity contribution in [3.63, 3.8) is 0 Å². The molecule has 2 aromatic carbocycles. The van der Waals surface area contributed by atoms with Crippen molar-refractivity contribution in [1.82, 2.24) is 24.6 Å². The lowest BCUT2D eigenvalue weighted by Gasteiger charge is -2.41. The van der Waals surface area contributed by atoms with E-state index in [1.807, 2.05) is 25.2 Å². The molecule has 2 aliphatic heterocycles. The summed E-state index contributed by atoms with van der Waals surface area (Å²) in [7, 11) is 1.95. The number of nitrogens with zero attached hydrogens (tertiary/aromatic N) is 4. The number of halogens is 7. The molecule has 244 valence electrons. The number of carbonyl (C=O) groups excluding carboxylic acids is 3. The molecule has 2 saturated heterocycles. The predicted molar refractivity (Wildman–Crippen MR) is 156 cm³/mol. The summed E-state index contributed by atoms with van der Waals surface area (Å²) in [6.07, 6.45) is -7.68. The minimum absolute atomic E-state index is 0. The Bertz CT molecular complexity index is 1530. The van der Waals surface area contributed by atoms with Gasteiger partial charge in [-0.15, -0.1) is 12.4 Å². The van der Waals surface area contributed by atoms with E-state index < -0.39 is 53.4 Å². The number of nitrogens with one attached hydrogen (secondary N) is 1. The average molecular weight is 660 g/mol. The summed E-state index contributed by atoms with van der Waals surface area (Å²) in [4.78, 5) is 49.3. The molecule has 3 heterocycles. The van der Waals surface area contributed by atoms with Crippen molar-refractivity contribution in [1.29, 1.82) is 0 Å². The first-order chi connectivity index (χ1) is 20.7. The molecule has 0 radical (unpaired) electrons. The van der Waals surface area contributed by atoms with E-state index in [4.69, 9.17) is 0 Å². The van der Waals surface area contributed by atoms with Gasteiger partial charge in [-0.3, -0.25) is 14.4 Å². The van der Waals surface area contributed by atoms with E-state index in [1.54, 1.807) is 17.2 Å². The molecule has 1 aromatic heterocycles. The summed E-state index contributed by atoms with van der Waals surface area (Å²) in [5, 5.41) is 0.812. The Morgan fingerprint density at radius 1 is 0.933 bits per heavy atom. The second-order valence-corrected chi connectivity index (χ2v) is 11.3. The molecule has 0 unspecified atom stereocenters. The fourth-order valence-corrected chi connectivity index (χ4v) is 5.75. The molecule has 0 aliphatic carbocycles. The van der Waals surface area contributed by atoms with E-state index in [0.29, 0.717) is 31.8 Å². The molecule has 1 atom stereocenters. The van der Waals surface area contributed by atoms with Crippen LogP contribution in [0.3, 0.4) is 0 Å². The van der Waals surface area contributed by atoms with Crippen LogP contribution in [0.4, 0.5) is 26.3 Å². The minimum Gasteiger partial charge on any atom is -0.361 e. The maximum atomic E-state index is 13.7. The highest BCUT2D eigenvalue weighted by molar-refractivity contribution is 5.98. The molecular formula is C30H32ClF6N5O3. The zero-order valence-corrected chi connectivity index (χ0v) is 25.1.